The summed E-state index contributed by atoms with van der Waals surface area (Å²) in [7, 11) is 1.98. The summed E-state index contributed by atoms with van der Waals surface area (Å²) >= 11 is 6.15. The summed E-state index contributed by atoms with van der Waals surface area (Å²) in [5, 5.41) is 8.82. The van der Waals surface area contributed by atoms with Crippen LogP contribution in [0.5, 0.6) is 0 Å². The zero-order chi connectivity index (χ0) is 18.8. The SMILES string of the molecule is CCN=C(NC1CC1c1cccc(Cl)c1)N1CCC(Cc2cnn(C)c2)C1. The highest BCUT2D eigenvalue weighted by atomic mass is 35.5. The fourth-order valence-electron chi connectivity index (χ4n) is 4.11. The number of aryl methyl sites for hydroxylation is 1. The van der Waals surface area contributed by atoms with Gasteiger partial charge in [-0.1, -0.05) is 23.7 Å². The van der Waals surface area contributed by atoms with Crippen molar-refractivity contribution in [3.8, 4) is 0 Å². The predicted molar refractivity (Wildman–Crippen MR) is 110 cm³/mol. The molecule has 0 spiro atoms. The molecule has 3 atom stereocenters. The number of guanidine groups is 1. The summed E-state index contributed by atoms with van der Waals surface area (Å²) in [6.07, 6.45) is 7.57. The molecule has 1 aliphatic carbocycles. The molecule has 1 aromatic heterocycles. The summed E-state index contributed by atoms with van der Waals surface area (Å²) < 4.78 is 1.89. The minimum atomic E-state index is 0.464. The van der Waals surface area contributed by atoms with E-state index in [2.05, 4.69) is 40.6 Å². The van der Waals surface area contributed by atoms with Gasteiger partial charge in [0.2, 0.25) is 0 Å². The first-order chi connectivity index (χ1) is 13.1. The molecule has 2 aliphatic rings. The van der Waals surface area contributed by atoms with E-state index in [1.54, 1.807) is 0 Å². The summed E-state index contributed by atoms with van der Waals surface area (Å²) in [5.41, 5.74) is 2.65. The normalized spacial score (nSPS) is 25.1. The number of aromatic nitrogens is 2. The number of rotatable bonds is 5. The lowest BCUT2D eigenvalue weighted by Gasteiger charge is -2.22. The molecule has 1 aliphatic heterocycles. The Morgan fingerprint density at radius 2 is 2.30 bits per heavy atom. The second kappa shape index (κ2) is 7.93. The number of hydrogen-bond donors (Lipinski definition) is 1. The van der Waals surface area contributed by atoms with Crippen LogP contribution < -0.4 is 5.32 Å². The zero-order valence-electron chi connectivity index (χ0n) is 16.1. The highest BCUT2D eigenvalue weighted by Gasteiger charge is 2.40. The topological polar surface area (TPSA) is 45.5 Å². The second-order valence-corrected chi connectivity index (χ2v) is 8.21. The van der Waals surface area contributed by atoms with E-state index in [9.17, 15) is 0 Å². The lowest BCUT2D eigenvalue weighted by atomic mass is 10.0. The summed E-state index contributed by atoms with van der Waals surface area (Å²) in [5.74, 6) is 2.28. The molecular weight excluding hydrogens is 358 g/mol. The van der Waals surface area contributed by atoms with E-state index >= 15 is 0 Å². The zero-order valence-corrected chi connectivity index (χ0v) is 16.9. The molecule has 4 rings (SSSR count). The molecule has 1 saturated heterocycles. The lowest BCUT2D eigenvalue weighted by molar-refractivity contribution is 0.458. The van der Waals surface area contributed by atoms with Crippen molar-refractivity contribution in [3.63, 3.8) is 0 Å². The molecule has 2 heterocycles. The Bertz CT molecular complexity index is 814. The van der Waals surface area contributed by atoms with Crippen molar-refractivity contribution < 1.29 is 0 Å². The van der Waals surface area contributed by atoms with Crippen molar-refractivity contribution in [2.75, 3.05) is 19.6 Å². The molecular formula is C21H28ClN5. The number of aliphatic imine (C=N–C) groups is 1. The van der Waals surface area contributed by atoms with Crippen LogP contribution in [0.3, 0.4) is 0 Å². The van der Waals surface area contributed by atoms with Crippen molar-refractivity contribution in [2.24, 2.45) is 18.0 Å². The number of hydrogen-bond acceptors (Lipinski definition) is 2. The van der Waals surface area contributed by atoms with Crippen molar-refractivity contribution in [3.05, 3.63) is 52.8 Å². The Morgan fingerprint density at radius 3 is 3.04 bits per heavy atom. The average Bonchev–Trinajstić information content (AvgIpc) is 3.04. The van der Waals surface area contributed by atoms with Crippen LogP contribution in [0.1, 0.15) is 36.8 Å². The lowest BCUT2D eigenvalue weighted by Crippen LogP contribution is -2.41. The van der Waals surface area contributed by atoms with E-state index in [1.807, 2.05) is 30.1 Å². The number of likely N-dealkylation sites (tertiary alicyclic amines) is 1. The van der Waals surface area contributed by atoms with Crippen molar-refractivity contribution >= 4 is 17.6 Å². The van der Waals surface area contributed by atoms with Crippen LogP contribution in [0.25, 0.3) is 0 Å². The van der Waals surface area contributed by atoms with E-state index in [1.165, 1.54) is 17.5 Å². The fraction of sp³-hybridized carbons (Fsp3) is 0.524. The van der Waals surface area contributed by atoms with Crippen LogP contribution in [0.2, 0.25) is 5.02 Å². The quantitative estimate of drug-likeness (QED) is 0.633. The number of nitrogens with one attached hydrogen (secondary N) is 1. The van der Waals surface area contributed by atoms with Gasteiger partial charge in [0, 0.05) is 49.9 Å². The Labute approximate surface area is 166 Å². The third-order valence-electron chi connectivity index (χ3n) is 5.56. The van der Waals surface area contributed by atoms with E-state index in [4.69, 9.17) is 16.6 Å². The molecule has 3 unspecified atom stereocenters. The van der Waals surface area contributed by atoms with Gasteiger partial charge in [0.15, 0.2) is 5.96 Å². The molecule has 0 bridgehead atoms. The first-order valence-corrected chi connectivity index (χ1v) is 10.3. The third kappa shape index (κ3) is 4.46. The Balaban J connectivity index is 1.34. The molecule has 2 fully saturated rings. The first-order valence-electron chi connectivity index (χ1n) is 9.91. The molecule has 1 N–H and O–H groups in total. The van der Waals surface area contributed by atoms with Crippen molar-refractivity contribution in [1.29, 1.82) is 0 Å². The van der Waals surface area contributed by atoms with Gasteiger partial charge in [-0.2, -0.15) is 5.10 Å². The maximum absolute atomic E-state index is 6.15. The van der Waals surface area contributed by atoms with Crippen LogP contribution in [-0.4, -0.2) is 46.3 Å². The van der Waals surface area contributed by atoms with Crippen molar-refractivity contribution in [1.82, 2.24) is 20.0 Å². The van der Waals surface area contributed by atoms with Gasteiger partial charge in [-0.3, -0.25) is 9.67 Å². The van der Waals surface area contributed by atoms with Crippen molar-refractivity contribution in [2.45, 2.75) is 38.1 Å². The van der Waals surface area contributed by atoms with Gasteiger partial charge in [0.05, 0.1) is 6.20 Å². The van der Waals surface area contributed by atoms with Crippen LogP contribution in [-0.2, 0) is 13.5 Å². The molecule has 2 aromatic rings. The van der Waals surface area contributed by atoms with E-state index in [-0.39, 0.29) is 0 Å². The van der Waals surface area contributed by atoms with Crippen LogP contribution >= 0.6 is 11.6 Å². The van der Waals surface area contributed by atoms with E-state index in [0.29, 0.717) is 17.9 Å². The maximum Gasteiger partial charge on any atom is 0.194 e. The highest BCUT2D eigenvalue weighted by molar-refractivity contribution is 6.30. The van der Waals surface area contributed by atoms with Gasteiger partial charge >= 0.3 is 0 Å². The van der Waals surface area contributed by atoms with Crippen LogP contribution in [0, 0.1) is 5.92 Å². The first kappa shape index (κ1) is 18.4. The fourth-order valence-corrected chi connectivity index (χ4v) is 4.31. The van der Waals surface area contributed by atoms with Crippen LogP contribution in [0.4, 0.5) is 0 Å². The van der Waals surface area contributed by atoms with Gasteiger partial charge in [-0.25, -0.2) is 0 Å². The number of halogens is 1. The number of nitrogens with zero attached hydrogens (tertiary/aromatic N) is 4. The molecule has 0 amide bonds. The Morgan fingerprint density at radius 1 is 1.41 bits per heavy atom. The van der Waals surface area contributed by atoms with E-state index in [0.717, 1.165) is 43.5 Å². The summed E-state index contributed by atoms with van der Waals surface area (Å²) in [6.45, 7) is 5.05. The summed E-state index contributed by atoms with van der Waals surface area (Å²) in [4.78, 5) is 7.19. The molecule has 1 saturated carbocycles. The van der Waals surface area contributed by atoms with Gasteiger partial charge in [-0.15, -0.1) is 0 Å². The molecule has 27 heavy (non-hydrogen) atoms. The summed E-state index contributed by atoms with van der Waals surface area (Å²) in [6, 6.07) is 8.70. The minimum absolute atomic E-state index is 0.464. The van der Waals surface area contributed by atoms with Gasteiger partial charge in [0.1, 0.15) is 0 Å². The molecule has 5 nitrogen and oxygen atoms in total. The maximum atomic E-state index is 6.15. The monoisotopic (exact) mass is 385 g/mol. The molecule has 0 radical (unpaired) electrons. The Hall–Kier alpha value is -2.01. The van der Waals surface area contributed by atoms with Gasteiger partial charge < -0.3 is 10.2 Å². The molecule has 1 aromatic carbocycles. The average molecular weight is 386 g/mol. The number of benzene rings is 1. The van der Waals surface area contributed by atoms with Crippen LogP contribution in [0.15, 0.2) is 41.7 Å². The largest absolute Gasteiger partial charge is 0.353 e. The highest BCUT2D eigenvalue weighted by Crippen LogP contribution is 2.41. The second-order valence-electron chi connectivity index (χ2n) is 7.77. The standard InChI is InChI=1S/C21H28ClN5/c1-3-23-21(25-20-11-19(20)17-5-4-6-18(22)10-17)27-8-7-15(14-27)9-16-12-24-26(2)13-16/h4-6,10,12-13,15,19-20H,3,7-9,11,14H2,1-2H3,(H,23,25). The third-order valence-corrected chi connectivity index (χ3v) is 5.79. The predicted octanol–water partition coefficient (Wildman–Crippen LogP) is 3.46. The molecule has 144 valence electrons. The smallest absolute Gasteiger partial charge is 0.194 e. The minimum Gasteiger partial charge on any atom is -0.353 e. The van der Waals surface area contributed by atoms with Gasteiger partial charge in [-0.05, 0) is 55.4 Å². The van der Waals surface area contributed by atoms with E-state index < -0.39 is 0 Å². The Kier molecular flexibility index (Phi) is 5.39. The van der Waals surface area contributed by atoms with Gasteiger partial charge in [0.25, 0.3) is 0 Å². The molecule has 6 heteroatoms.